The van der Waals surface area contributed by atoms with Crippen molar-refractivity contribution < 1.29 is 18.3 Å². The minimum atomic E-state index is -2.82. The number of nitriles is 1. The lowest BCUT2D eigenvalue weighted by atomic mass is 10.0. The van der Waals surface area contributed by atoms with Gasteiger partial charge in [-0.25, -0.2) is 13.6 Å². The first-order valence-corrected chi connectivity index (χ1v) is 5.19. The average Bonchev–Trinajstić information content (AvgIpc) is 2.26. The molecule has 0 atom stereocenters. The van der Waals surface area contributed by atoms with E-state index in [1.807, 2.05) is 0 Å². The highest BCUT2D eigenvalue weighted by Crippen LogP contribution is 2.28. The van der Waals surface area contributed by atoms with Crippen LogP contribution < -0.4 is 0 Å². The van der Waals surface area contributed by atoms with E-state index in [1.54, 1.807) is 28.7 Å². The van der Waals surface area contributed by atoms with E-state index in [1.165, 1.54) is 12.1 Å². The monoisotopic (exact) mass is 337 g/mol. The summed E-state index contributed by atoms with van der Waals surface area (Å²) in [5, 5.41) is 8.79. The summed E-state index contributed by atoms with van der Waals surface area (Å²) in [6.07, 6.45) is -2.82. The van der Waals surface area contributed by atoms with Gasteiger partial charge in [-0.1, -0.05) is 0 Å². The van der Waals surface area contributed by atoms with Gasteiger partial charge in [0.1, 0.15) is 6.07 Å². The van der Waals surface area contributed by atoms with E-state index in [4.69, 9.17) is 5.26 Å². The highest BCUT2D eigenvalue weighted by Gasteiger charge is 2.23. The van der Waals surface area contributed by atoms with Crippen molar-refractivity contribution in [3.63, 3.8) is 0 Å². The van der Waals surface area contributed by atoms with Crippen LogP contribution in [0.2, 0.25) is 0 Å². The first-order chi connectivity index (χ1) is 7.51. The molecule has 0 aliphatic carbocycles. The minimum Gasteiger partial charge on any atom is -0.465 e. The predicted octanol–water partition coefficient (Wildman–Crippen LogP) is 2.89. The lowest BCUT2D eigenvalue weighted by molar-refractivity contribution is 0.0589. The van der Waals surface area contributed by atoms with E-state index < -0.39 is 18.0 Å². The molecule has 0 radical (unpaired) electrons. The highest BCUT2D eigenvalue weighted by atomic mass is 127. The summed E-state index contributed by atoms with van der Waals surface area (Å²) in [5.74, 6) is -0.928. The average molecular weight is 337 g/mol. The summed E-state index contributed by atoms with van der Waals surface area (Å²) in [4.78, 5) is 11.3. The molecule has 1 aromatic rings. The standard InChI is InChI=1S/C10H6F2INO2/c1-16-10(15)8-5(4-14)2-6(13)3-7(8)9(11)12/h2-3,9H,1H3. The molecule has 0 saturated heterocycles. The number of ether oxygens (including phenoxy) is 1. The molecule has 0 heterocycles. The number of methoxy groups -OCH3 is 1. The first-order valence-electron chi connectivity index (χ1n) is 4.11. The Hall–Kier alpha value is -1.23. The second-order valence-electron chi connectivity index (χ2n) is 2.82. The number of alkyl halides is 2. The molecule has 0 aliphatic heterocycles. The predicted molar refractivity (Wildman–Crippen MR) is 60.2 cm³/mol. The van der Waals surface area contributed by atoms with Gasteiger partial charge in [0.2, 0.25) is 0 Å². The molecule has 0 amide bonds. The van der Waals surface area contributed by atoms with Crippen LogP contribution in [0.1, 0.15) is 27.9 Å². The number of benzene rings is 1. The molecular formula is C10H6F2INO2. The number of hydrogen-bond donors (Lipinski definition) is 0. The van der Waals surface area contributed by atoms with Crippen LogP contribution in [0.25, 0.3) is 0 Å². The van der Waals surface area contributed by atoms with E-state index in [9.17, 15) is 13.6 Å². The molecule has 1 aromatic carbocycles. The largest absolute Gasteiger partial charge is 0.465 e. The van der Waals surface area contributed by atoms with E-state index in [0.29, 0.717) is 3.57 Å². The molecule has 84 valence electrons. The zero-order chi connectivity index (χ0) is 12.3. The maximum absolute atomic E-state index is 12.7. The third kappa shape index (κ3) is 2.47. The van der Waals surface area contributed by atoms with Gasteiger partial charge in [0.15, 0.2) is 0 Å². The number of esters is 1. The van der Waals surface area contributed by atoms with E-state index in [0.717, 1.165) is 7.11 Å². The van der Waals surface area contributed by atoms with Gasteiger partial charge >= 0.3 is 5.97 Å². The molecule has 0 spiro atoms. The van der Waals surface area contributed by atoms with E-state index >= 15 is 0 Å². The Morgan fingerprint density at radius 3 is 2.62 bits per heavy atom. The topological polar surface area (TPSA) is 50.1 Å². The Morgan fingerprint density at radius 1 is 1.56 bits per heavy atom. The fourth-order valence-electron chi connectivity index (χ4n) is 1.22. The van der Waals surface area contributed by atoms with Crippen molar-refractivity contribution in [1.29, 1.82) is 5.26 Å². The van der Waals surface area contributed by atoms with Gasteiger partial charge in [0.25, 0.3) is 6.43 Å². The van der Waals surface area contributed by atoms with Crippen LogP contribution in [0.3, 0.4) is 0 Å². The summed E-state index contributed by atoms with van der Waals surface area (Å²) < 4.78 is 30.3. The Balaban J connectivity index is 3.53. The molecule has 0 aliphatic rings. The van der Waals surface area contributed by atoms with Gasteiger partial charge in [0.05, 0.1) is 18.2 Å². The molecule has 0 saturated carbocycles. The summed E-state index contributed by atoms with van der Waals surface area (Å²) in [6, 6.07) is 4.23. The lowest BCUT2D eigenvalue weighted by Gasteiger charge is -2.09. The fraction of sp³-hybridized carbons (Fsp3) is 0.200. The maximum Gasteiger partial charge on any atom is 0.339 e. The van der Waals surface area contributed by atoms with E-state index in [-0.39, 0.29) is 11.1 Å². The molecule has 1 rings (SSSR count). The van der Waals surface area contributed by atoms with Crippen LogP contribution in [0.4, 0.5) is 8.78 Å². The zero-order valence-electron chi connectivity index (χ0n) is 8.13. The second kappa shape index (κ2) is 5.21. The number of carbonyl (C=O) groups excluding carboxylic acids is 1. The van der Waals surface area contributed by atoms with Gasteiger partial charge in [0, 0.05) is 9.13 Å². The molecule has 0 N–H and O–H groups in total. The fourth-order valence-corrected chi connectivity index (χ4v) is 1.87. The summed E-state index contributed by atoms with van der Waals surface area (Å²) >= 11 is 1.80. The van der Waals surface area contributed by atoms with E-state index in [2.05, 4.69) is 4.74 Å². The van der Waals surface area contributed by atoms with Crippen LogP contribution in [-0.2, 0) is 4.74 Å². The maximum atomic E-state index is 12.7. The van der Waals surface area contributed by atoms with Crippen molar-refractivity contribution in [2.45, 2.75) is 6.43 Å². The molecular weight excluding hydrogens is 331 g/mol. The highest BCUT2D eigenvalue weighted by molar-refractivity contribution is 14.1. The smallest absolute Gasteiger partial charge is 0.339 e. The Labute approximate surface area is 104 Å². The van der Waals surface area contributed by atoms with Gasteiger partial charge in [-0.15, -0.1) is 0 Å². The SMILES string of the molecule is COC(=O)c1c(C#N)cc(I)cc1C(F)F. The lowest BCUT2D eigenvalue weighted by Crippen LogP contribution is -2.09. The van der Waals surface area contributed by atoms with Crippen LogP contribution in [-0.4, -0.2) is 13.1 Å². The zero-order valence-corrected chi connectivity index (χ0v) is 10.3. The van der Waals surface area contributed by atoms with Crippen LogP contribution in [0.5, 0.6) is 0 Å². The van der Waals surface area contributed by atoms with Crippen LogP contribution in [0.15, 0.2) is 12.1 Å². The molecule has 0 aromatic heterocycles. The number of hydrogen-bond acceptors (Lipinski definition) is 3. The number of rotatable bonds is 2. The van der Waals surface area contributed by atoms with Gasteiger partial charge in [-0.2, -0.15) is 5.26 Å². The van der Waals surface area contributed by atoms with Crippen molar-refractivity contribution in [1.82, 2.24) is 0 Å². The molecule has 0 unspecified atom stereocenters. The minimum absolute atomic E-state index is 0.103. The third-order valence-electron chi connectivity index (χ3n) is 1.88. The van der Waals surface area contributed by atoms with Crippen LogP contribution in [0, 0.1) is 14.9 Å². The summed E-state index contributed by atoms with van der Waals surface area (Å²) in [6.45, 7) is 0. The molecule has 16 heavy (non-hydrogen) atoms. The van der Waals surface area contributed by atoms with Gasteiger partial charge in [-0.05, 0) is 34.7 Å². The Bertz CT molecular complexity index is 469. The Morgan fingerprint density at radius 2 is 2.19 bits per heavy atom. The van der Waals surface area contributed by atoms with Crippen molar-refractivity contribution in [2.24, 2.45) is 0 Å². The number of carbonyl (C=O) groups is 1. The molecule has 6 heteroatoms. The van der Waals surface area contributed by atoms with Crippen LogP contribution >= 0.6 is 22.6 Å². The summed E-state index contributed by atoms with van der Waals surface area (Å²) in [5.41, 5.74) is -0.940. The number of nitrogens with zero attached hydrogens (tertiary/aromatic N) is 1. The third-order valence-corrected chi connectivity index (χ3v) is 2.50. The van der Waals surface area contributed by atoms with Gasteiger partial charge < -0.3 is 4.74 Å². The van der Waals surface area contributed by atoms with Crippen molar-refractivity contribution in [3.05, 3.63) is 32.4 Å². The quantitative estimate of drug-likeness (QED) is 0.616. The first kappa shape index (κ1) is 12.8. The Kier molecular flexibility index (Phi) is 4.18. The van der Waals surface area contributed by atoms with Gasteiger partial charge in [-0.3, -0.25) is 0 Å². The normalized spacial score (nSPS) is 10.0. The molecule has 0 fully saturated rings. The van der Waals surface area contributed by atoms with Crippen molar-refractivity contribution in [3.8, 4) is 6.07 Å². The molecule has 0 bridgehead atoms. The number of halogens is 3. The summed E-state index contributed by atoms with van der Waals surface area (Å²) in [7, 11) is 1.08. The van der Waals surface area contributed by atoms with Crippen molar-refractivity contribution >= 4 is 28.6 Å². The second-order valence-corrected chi connectivity index (χ2v) is 4.07. The van der Waals surface area contributed by atoms with Crippen molar-refractivity contribution in [2.75, 3.05) is 7.11 Å². The molecule has 3 nitrogen and oxygen atoms in total.